The van der Waals surface area contributed by atoms with Crippen molar-refractivity contribution in [3.63, 3.8) is 0 Å². The fourth-order valence-electron chi connectivity index (χ4n) is 1.97. The SMILES string of the molecule is COc1cc(C(Cl)C(C)c2ccncc2)ccc1F. The van der Waals surface area contributed by atoms with Gasteiger partial charge in [0.25, 0.3) is 0 Å². The summed E-state index contributed by atoms with van der Waals surface area (Å²) in [6.07, 6.45) is 3.47. The van der Waals surface area contributed by atoms with Gasteiger partial charge >= 0.3 is 0 Å². The number of benzene rings is 1. The number of ether oxygens (including phenoxy) is 1. The molecular formula is C15H15ClFNO. The highest BCUT2D eigenvalue weighted by Gasteiger charge is 2.19. The Hall–Kier alpha value is -1.61. The molecule has 0 amide bonds. The first-order valence-electron chi connectivity index (χ1n) is 6.01. The van der Waals surface area contributed by atoms with E-state index in [0.717, 1.165) is 11.1 Å². The Morgan fingerprint density at radius 1 is 1.16 bits per heavy atom. The summed E-state index contributed by atoms with van der Waals surface area (Å²) in [5.41, 5.74) is 1.93. The summed E-state index contributed by atoms with van der Waals surface area (Å²) in [6, 6.07) is 8.57. The van der Waals surface area contributed by atoms with Crippen molar-refractivity contribution >= 4 is 11.6 Å². The third-order valence-electron chi connectivity index (χ3n) is 3.16. The average molecular weight is 280 g/mol. The quantitative estimate of drug-likeness (QED) is 0.778. The van der Waals surface area contributed by atoms with E-state index in [1.807, 2.05) is 19.1 Å². The highest BCUT2D eigenvalue weighted by Crippen LogP contribution is 2.37. The zero-order valence-corrected chi connectivity index (χ0v) is 11.6. The van der Waals surface area contributed by atoms with Gasteiger partial charge in [-0.05, 0) is 35.4 Å². The topological polar surface area (TPSA) is 22.1 Å². The lowest BCUT2D eigenvalue weighted by atomic mass is 9.94. The molecule has 0 saturated carbocycles. The van der Waals surface area contributed by atoms with Gasteiger partial charge < -0.3 is 4.74 Å². The molecule has 1 aromatic carbocycles. The first kappa shape index (κ1) is 13.8. The van der Waals surface area contributed by atoms with Crippen molar-refractivity contribution in [1.29, 1.82) is 0 Å². The van der Waals surface area contributed by atoms with E-state index in [1.165, 1.54) is 13.2 Å². The molecule has 0 aliphatic rings. The van der Waals surface area contributed by atoms with Crippen molar-refractivity contribution in [3.05, 3.63) is 59.7 Å². The van der Waals surface area contributed by atoms with Crippen molar-refractivity contribution in [2.75, 3.05) is 7.11 Å². The van der Waals surface area contributed by atoms with Gasteiger partial charge in [-0.25, -0.2) is 4.39 Å². The Bertz CT molecular complexity index is 547. The molecule has 0 aliphatic heterocycles. The number of alkyl halides is 1. The van der Waals surface area contributed by atoms with Crippen LogP contribution in [0.1, 0.15) is 29.3 Å². The van der Waals surface area contributed by atoms with Crippen LogP contribution in [0.25, 0.3) is 0 Å². The Balaban J connectivity index is 2.26. The van der Waals surface area contributed by atoms with E-state index in [2.05, 4.69) is 4.98 Å². The van der Waals surface area contributed by atoms with E-state index < -0.39 is 0 Å². The van der Waals surface area contributed by atoms with Crippen molar-refractivity contribution < 1.29 is 9.13 Å². The van der Waals surface area contributed by atoms with Gasteiger partial charge in [-0.1, -0.05) is 13.0 Å². The van der Waals surface area contributed by atoms with Crippen molar-refractivity contribution in [1.82, 2.24) is 4.98 Å². The van der Waals surface area contributed by atoms with Crippen LogP contribution in [-0.2, 0) is 0 Å². The van der Waals surface area contributed by atoms with Crippen molar-refractivity contribution in [3.8, 4) is 5.75 Å². The molecule has 2 aromatic rings. The van der Waals surface area contributed by atoms with Gasteiger partial charge in [0.2, 0.25) is 0 Å². The van der Waals surface area contributed by atoms with Crippen LogP contribution in [0.2, 0.25) is 0 Å². The van der Waals surface area contributed by atoms with Crippen LogP contribution in [0, 0.1) is 5.82 Å². The monoisotopic (exact) mass is 279 g/mol. The van der Waals surface area contributed by atoms with Crippen LogP contribution in [-0.4, -0.2) is 12.1 Å². The molecule has 2 rings (SSSR count). The van der Waals surface area contributed by atoms with E-state index in [1.54, 1.807) is 24.5 Å². The predicted molar refractivity (Wildman–Crippen MR) is 74.2 cm³/mol. The van der Waals surface area contributed by atoms with E-state index in [-0.39, 0.29) is 22.9 Å². The second kappa shape index (κ2) is 6.02. The first-order chi connectivity index (χ1) is 9.13. The number of rotatable bonds is 4. The van der Waals surface area contributed by atoms with E-state index in [9.17, 15) is 4.39 Å². The Morgan fingerprint density at radius 3 is 2.47 bits per heavy atom. The summed E-state index contributed by atoms with van der Waals surface area (Å²) in [4.78, 5) is 3.99. The lowest BCUT2D eigenvalue weighted by molar-refractivity contribution is 0.385. The predicted octanol–water partition coefficient (Wildman–Crippen LogP) is 4.31. The smallest absolute Gasteiger partial charge is 0.165 e. The number of halogens is 2. The summed E-state index contributed by atoms with van der Waals surface area (Å²) >= 11 is 6.47. The zero-order chi connectivity index (χ0) is 13.8. The van der Waals surface area contributed by atoms with Gasteiger partial charge in [0.05, 0.1) is 12.5 Å². The van der Waals surface area contributed by atoms with E-state index in [0.29, 0.717) is 0 Å². The molecule has 4 heteroatoms. The second-order valence-electron chi connectivity index (χ2n) is 4.36. The molecule has 2 nitrogen and oxygen atoms in total. The highest BCUT2D eigenvalue weighted by molar-refractivity contribution is 6.21. The Morgan fingerprint density at radius 2 is 1.84 bits per heavy atom. The lowest BCUT2D eigenvalue weighted by Gasteiger charge is -2.19. The maximum atomic E-state index is 13.4. The summed E-state index contributed by atoms with van der Waals surface area (Å²) in [5, 5.41) is -0.253. The highest BCUT2D eigenvalue weighted by atomic mass is 35.5. The number of methoxy groups -OCH3 is 1. The van der Waals surface area contributed by atoms with Crippen LogP contribution >= 0.6 is 11.6 Å². The molecular weight excluding hydrogens is 265 g/mol. The molecule has 1 aromatic heterocycles. The van der Waals surface area contributed by atoms with Crippen LogP contribution in [0.5, 0.6) is 5.75 Å². The maximum Gasteiger partial charge on any atom is 0.165 e. The number of hydrogen-bond acceptors (Lipinski definition) is 2. The summed E-state index contributed by atoms with van der Waals surface area (Å²) < 4.78 is 18.4. The largest absolute Gasteiger partial charge is 0.494 e. The molecule has 0 bridgehead atoms. The maximum absolute atomic E-state index is 13.4. The molecule has 0 radical (unpaired) electrons. The minimum atomic E-state index is -0.383. The summed E-state index contributed by atoms with van der Waals surface area (Å²) in [6.45, 7) is 2.03. The zero-order valence-electron chi connectivity index (χ0n) is 10.8. The third-order valence-corrected chi connectivity index (χ3v) is 3.79. The summed E-state index contributed by atoms with van der Waals surface area (Å²) in [7, 11) is 1.44. The molecule has 2 atom stereocenters. The fourth-order valence-corrected chi connectivity index (χ4v) is 2.25. The van der Waals surface area contributed by atoms with E-state index >= 15 is 0 Å². The molecule has 0 N–H and O–H groups in total. The number of nitrogens with zero attached hydrogens (tertiary/aromatic N) is 1. The normalized spacial score (nSPS) is 13.9. The van der Waals surface area contributed by atoms with Gasteiger partial charge in [-0.15, -0.1) is 11.6 Å². The van der Waals surface area contributed by atoms with Gasteiger partial charge in [-0.2, -0.15) is 0 Å². The van der Waals surface area contributed by atoms with Crippen molar-refractivity contribution in [2.45, 2.75) is 18.2 Å². The third kappa shape index (κ3) is 3.04. The van der Waals surface area contributed by atoms with E-state index in [4.69, 9.17) is 16.3 Å². The molecule has 2 unspecified atom stereocenters. The van der Waals surface area contributed by atoms with Crippen LogP contribution in [0.15, 0.2) is 42.7 Å². The lowest BCUT2D eigenvalue weighted by Crippen LogP contribution is -2.03. The Labute approximate surface area is 117 Å². The van der Waals surface area contributed by atoms with Gasteiger partial charge in [-0.3, -0.25) is 4.98 Å². The molecule has 0 fully saturated rings. The number of aromatic nitrogens is 1. The molecule has 0 aliphatic carbocycles. The van der Waals surface area contributed by atoms with Crippen LogP contribution in [0.4, 0.5) is 4.39 Å². The molecule has 0 spiro atoms. The summed E-state index contributed by atoms with van der Waals surface area (Å²) in [5.74, 6) is -0.0726. The van der Waals surface area contributed by atoms with Gasteiger partial charge in [0, 0.05) is 18.3 Å². The van der Waals surface area contributed by atoms with Gasteiger partial charge in [0.1, 0.15) is 0 Å². The van der Waals surface area contributed by atoms with Crippen LogP contribution in [0.3, 0.4) is 0 Å². The van der Waals surface area contributed by atoms with Crippen LogP contribution < -0.4 is 4.74 Å². The van der Waals surface area contributed by atoms with Crippen molar-refractivity contribution in [2.24, 2.45) is 0 Å². The minimum absolute atomic E-state index is 0.0971. The molecule has 100 valence electrons. The second-order valence-corrected chi connectivity index (χ2v) is 4.84. The molecule has 1 heterocycles. The molecule has 0 saturated heterocycles. The van der Waals surface area contributed by atoms with Gasteiger partial charge in [0.15, 0.2) is 11.6 Å². The number of pyridine rings is 1. The molecule has 19 heavy (non-hydrogen) atoms. The average Bonchev–Trinajstić information content (AvgIpc) is 2.47. The first-order valence-corrected chi connectivity index (χ1v) is 6.44. The standard InChI is InChI=1S/C15H15ClFNO/c1-10(11-5-7-18-8-6-11)15(16)12-3-4-13(17)14(9-12)19-2/h3-10,15H,1-2H3. The number of hydrogen-bond donors (Lipinski definition) is 0. The fraction of sp³-hybridized carbons (Fsp3) is 0.267. The minimum Gasteiger partial charge on any atom is -0.494 e. The Kier molecular flexibility index (Phi) is 4.38.